The van der Waals surface area contributed by atoms with Crippen LogP contribution in [0.1, 0.15) is 11.3 Å². The number of aromatic amines is 1. The minimum Gasteiger partial charge on any atom is -0.298 e. The maximum atomic E-state index is 12.1. The van der Waals surface area contributed by atoms with E-state index in [-0.39, 0.29) is 5.56 Å². The van der Waals surface area contributed by atoms with E-state index in [2.05, 4.69) is 25.6 Å². The quantitative estimate of drug-likeness (QED) is 0.410. The van der Waals surface area contributed by atoms with E-state index in [1.807, 2.05) is 67.6 Å². The molecule has 0 spiro atoms. The van der Waals surface area contributed by atoms with Crippen LogP contribution in [0.5, 0.6) is 0 Å². The maximum Gasteiger partial charge on any atom is 0.294 e. The lowest BCUT2D eigenvalue weighted by Gasteiger charge is -2.04. The molecule has 0 saturated heterocycles. The predicted molar refractivity (Wildman–Crippen MR) is 114 cm³/mol. The van der Waals surface area contributed by atoms with Gasteiger partial charge in [-0.25, -0.2) is 0 Å². The second kappa shape index (κ2) is 7.63. The van der Waals surface area contributed by atoms with Gasteiger partial charge in [0.15, 0.2) is 5.69 Å². The van der Waals surface area contributed by atoms with Crippen LogP contribution in [0.2, 0.25) is 0 Å². The molecule has 3 aromatic carbocycles. The first-order valence-corrected chi connectivity index (χ1v) is 9.20. The summed E-state index contributed by atoms with van der Waals surface area (Å²) in [6, 6.07) is 19.4. The van der Waals surface area contributed by atoms with E-state index < -0.39 is 0 Å². The van der Waals surface area contributed by atoms with Crippen molar-refractivity contribution < 1.29 is 0 Å². The number of azo groups is 2. The molecule has 7 heteroatoms. The van der Waals surface area contributed by atoms with Crippen molar-refractivity contribution in [3.05, 3.63) is 82.3 Å². The van der Waals surface area contributed by atoms with Crippen LogP contribution in [0.25, 0.3) is 10.8 Å². The summed E-state index contributed by atoms with van der Waals surface area (Å²) in [5.74, 6) is 0. The molecular weight excluding hydrogens is 364 g/mol. The Kier molecular flexibility index (Phi) is 4.87. The van der Waals surface area contributed by atoms with Gasteiger partial charge in [0.25, 0.3) is 5.56 Å². The number of aromatic nitrogens is 2. The van der Waals surface area contributed by atoms with Crippen LogP contribution in [-0.2, 0) is 7.05 Å². The zero-order valence-corrected chi connectivity index (χ0v) is 16.4. The Balaban J connectivity index is 1.73. The number of hydrogen-bond donors (Lipinski definition) is 1. The van der Waals surface area contributed by atoms with Crippen LogP contribution >= 0.6 is 0 Å². The summed E-state index contributed by atoms with van der Waals surface area (Å²) < 4.78 is 1.39. The topological polar surface area (TPSA) is 87.2 Å². The van der Waals surface area contributed by atoms with E-state index in [9.17, 15) is 4.79 Å². The molecule has 0 radical (unpaired) electrons. The highest BCUT2D eigenvalue weighted by atomic mass is 16.1. The van der Waals surface area contributed by atoms with E-state index in [0.29, 0.717) is 17.1 Å². The molecule has 0 atom stereocenters. The van der Waals surface area contributed by atoms with Crippen LogP contribution in [0.3, 0.4) is 0 Å². The summed E-state index contributed by atoms with van der Waals surface area (Å²) in [6.07, 6.45) is 0. The van der Waals surface area contributed by atoms with Crippen molar-refractivity contribution in [2.24, 2.45) is 27.5 Å². The first kappa shape index (κ1) is 18.5. The molecule has 1 N–H and O–H groups in total. The number of benzene rings is 3. The maximum absolute atomic E-state index is 12.1. The normalized spacial score (nSPS) is 11.8. The Labute approximate surface area is 167 Å². The predicted octanol–water partition coefficient (Wildman–Crippen LogP) is 6.31. The summed E-state index contributed by atoms with van der Waals surface area (Å²) in [6.45, 7) is 3.83. The smallest absolute Gasteiger partial charge is 0.294 e. The molecule has 0 saturated carbocycles. The molecule has 4 rings (SSSR count). The molecule has 29 heavy (non-hydrogen) atoms. The largest absolute Gasteiger partial charge is 0.298 e. The highest BCUT2D eigenvalue weighted by Crippen LogP contribution is 2.35. The number of aryl methyl sites for hydroxylation is 3. The van der Waals surface area contributed by atoms with Gasteiger partial charge in [0.2, 0.25) is 0 Å². The van der Waals surface area contributed by atoms with Crippen molar-refractivity contribution in [1.82, 2.24) is 9.78 Å². The monoisotopic (exact) mass is 384 g/mol. The van der Waals surface area contributed by atoms with Crippen LogP contribution in [0, 0.1) is 13.8 Å². The van der Waals surface area contributed by atoms with Gasteiger partial charge in [0.1, 0.15) is 0 Å². The van der Waals surface area contributed by atoms with Crippen molar-refractivity contribution in [2.45, 2.75) is 13.8 Å². The zero-order chi connectivity index (χ0) is 20.4. The molecule has 1 aromatic heterocycles. The fourth-order valence-corrected chi connectivity index (χ4v) is 3.06. The summed E-state index contributed by atoms with van der Waals surface area (Å²) in [5, 5.41) is 22.0. The van der Waals surface area contributed by atoms with Gasteiger partial charge >= 0.3 is 0 Å². The molecule has 0 aliphatic rings. The van der Waals surface area contributed by atoms with Gasteiger partial charge < -0.3 is 0 Å². The number of nitrogens with zero attached hydrogens (tertiary/aromatic N) is 5. The third-order valence-electron chi connectivity index (χ3n) is 4.64. The molecule has 144 valence electrons. The molecule has 4 aromatic rings. The molecule has 0 aliphatic heterocycles. The Morgan fingerprint density at radius 2 is 1.34 bits per heavy atom. The first-order chi connectivity index (χ1) is 14.0. The fourth-order valence-electron chi connectivity index (χ4n) is 3.06. The molecule has 0 aliphatic carbocycles. The fraction of sp³-hybridized carbons (Fsp3) is 0.136. The van der Waals surface area contributed by atoms with Gasteiger partial charge in [-0.2, -0.15) is 5.11 Å². The third-order valence-corrected chi connectivity index (χ3v) is 4.64. The summed E-state index contributed by atoms with van der Waals surface area (Å²) >= 11 is 0. The van der Waals surface area contributed by atoms with Crippen molar-refractivity contribution >= 4 is 33.5 Å². The number of fused-ring (bicyclic) bond motifs is 1. The van der Waals surface area contributed by atoms with Crippen molar-refractivity contribution in [1.29, 1.82) is 0 Å². The molecule has 7 nitrogen and oxygen atoms in total. The molecule has 0 amide bonds. The summed E-state index contributed by atoms with van der Waals surface area (Å²) in [7, 11) is 1.65. The van der Waals surface area contributed by atoms with Gasteiger partial charge in [-0.3, -0.25) is 14.6 Å². The highest BCUT2D eigenvalue weighted by Gasteiger charge is 2.09. The van der Waals surface area contributed by atoms with Crippen LogP contribution < -0.4 is 5.56 Å². The van der Waals surface area contributed by atoms with Crippen molar-refractivity contribution in [2.75, 3.05) is 0 Å². The second-order valence-electron chi connectivity index (χ2n) is 6.83. The lowest BCUT2D eigenvalue weighted by Crippen LogP contribution is -2.10. The van der Waals surface area contributed by atoms with E-state index >= 15 is 0 Å². The summed E-state index contributed by atoms with van der Waals surface area (Å²) in [5.41, 5.74) is 4.15. The van der Waals surface area contributed by atoms with Gasteiger partial charge in [0.05, 0.1) is 22.8 Å². The Hall–Kier alpha value is -3.87. The summed E-state index contributed by atoms with van der Waals surface area (Å²) in [4.78, 5) is 12.1. The first-order valence-electron chi connectivity index (χ1n) is 9.20. The molecular formula is C22H20N6O. The lowest BCUT2D eigenvalue weighted by atomic mass is 10.1. The minimum atomic E-state index is -0.209. The van der Waals surface area contributed by atoms with Gasteiger partial charge in [-0.15, -0.1) is 15.3 Å². The van der Waals surface area contributed by atoms with Crippen LogP contribution in [0.15, 0.2) is 85.9 Å². The van der Waals surface area contributed by atoms with Gasteiger partial charge in [-0.1, -0.05) is 42.0 Å². The molecule has 0 fully saturated rings. The average molecular weight is 384 g/mol. The van der Waals surface area contributed by atoms with E-state index in [1.54, 1.807) is 14.0 Å². The van der Waals surface area contributed by atoms with E-state index in [4.69, 9.17) is 0 Å². The van der Waals surface area contributed by atoms with E-state index in [0.717, 1.165) is 22.1 Å². The Morgan fingerprint density at radius 1 is 0.759 bits per heavy atom. The highest BCUT2D eigenvalue weighted by molar-refractivity contribution is 5.99. The number of nitrogens with one attached hydrogen (secondary N) is 1. The third kappa shape index (κ3) is 3.75. The number of hydrogen-bond acceptors (Lipinski definition) is 5. The Bertz CT molecular complexity index is 1300. The van der Waals surface area contributed by atoms with Gasteiger partial charge in [-0.05, 0) is 38.1 Å². The second-order valence-corrected chi connectivity index (χ2v) is 6.83. The lowest BCUT2D eigenvalue weighted by molar-refractivity contribution is 0.731. The van der Waals surface area contributed by atoms with Crippen LogP contribution in [-0.4, -0.2) is 9.78 Å². The zero-order valence-electron chi connectivity index (χ0n) is 16.4. The standard InChI is InChI=1S/C22H20N6O/c1-14-8-10-16(11-9-14)23-24-19-12-13-20(18-7-5-4-6-17(18)19)25-26-21-15(2)27-28(3)22(21)29/h4-13,27H,1-3H3. The molecule has 0 unspecified atom stereocenters. The molecule has 1 heterocycles. The number of rotatable bonds is 4. The van der Waals surface area contributed by atoms with Crippen molar-refractivity contribution in [3.8, 4) is 0 Å². The van der Waals surface area contributed by atoms with Gasteiger partial charge in [0, 0.05) is 17.8 Å². The SMILES string of the molecule is Cc1ccc(N=Nc2ccc(N=Nc3c(C)[nH]n(C)c3=O)c3ccccc23)cc1. The van der Waals surface area contributed by atoms with Crippen LogP contribution in [0.4, 0.5) is 22.7 Å². The number of H-pyrrole nitrogens is 1. The van der Waals surface area contributed by atoms with E-state index in [1.165, 1.54) is 10.2 Å². The Morgan fingerprint density at radius 3 is 1.90 bits per heavy atom. The molecule has 0 bridgehead atoms. The minimum absolute atomic E-state index is 0.209. The van der Waals surface area contributed by atoms with Crippen molar-refractivity contribution in [3.63, 3.8) is 0 Å². The average Bonchev–Trinajstić information content (AvgIpc) is 2.97.